The van der Waals surface area contributed by atoms with Gasteiger partial charge >= 0.3 is 0 Å². The molecule has 0 spiro atoms. The average Bonchev–Trinajstić information content (AvgIpc) is 2.20. The van der Waals surface area contributed by atoms with Gasteiger partial charge in [0.05, 0.1) is 6.04 Å². The molecule has 1 amide bonds. The van der Waals surface area contributed by atoms with Gasteiger partial charge in [0.2, 0.25) is 5.91 Å². The Hall–Kier alpha value is -0.570. The molecule has 1 rings (SSSR count). The van der Waals surface area contributed by atoms with Crippen LogP contribution >= 0.6 is 0 Å². The maximum absolute atomic E-state index is 11.6. The summed E-state index contributed by atoms with van der Waals surface area (Å²) in [6.45, 7) is 4.27. The van der Waals surface area contributed by atoms with Gasteiger partial charge in [-0.1, -0.05) is 6.92 Å². The summed E-state index contributed by atoms with van der Waals surface area (Å²) in [5.41, 5.74) is 0. The summed E-state index contributed by atoms with van der Waals surface area (Å²) >= 11 is 0. The highest BCUT2D eigenvalue weighted by atomic mass is 16.2. The maximum atomic E-state index is 11.6. The minimum atomic E-state index is -0.0431. The van der Waals surface area contributed by atoms with Crippen molar-refractivity contribution in [2.45, 2.75) is 51.6 Å². The van der Waals surface area contributed by atoms with Crippen LogP contribution in [0.3, 0.4) is 0 Å². The third-order valence-corrected chi connectivity index (χ3v) is 3.31. The number of likely N-dealkylation sites (N-methyl/N-ethyl adjacent to an activating group) is 1. The minimum absolute atomic E-state index is 0.0431. The highest BCUT2D eigenvalue weighted by Crippen LogP contribution is 2.23. The molecule has 3 nitrogen and oxygen atoms in total. The third kappa shape index (κ3) is 3.82. The molecule has 0 aromatic carbocycles. The van der Waals surface area contributed by atoms with Crippen molar-refractivity contribution >= 4 is 5.91 Å². The number of hydrogen-bond donors (Lipinski definition) is 1. The molecule has 88 valence electrons. The molecule has 15 heavy (non-hydrogen) atoms. The lowest BCUT2D eigenvalue weighted by atomic mass is 9.87. The van der Waals surface area contributed by atoms with Gasteiger partial charge in [-0.25, -0.2) is 0 Å². The van der Waals surface area contributed by atoms with Crippen LogP contribution in [0, 0.1) is 5.92 Å². The third-order valence-electron chi connectivity index (χ3n) is 3.31. The molecule has 0 heterocycles. The number of carbonyl (C=O) groups is 1. The van der Waals surface area contributed by atoms with E-state index in [4.69, 9.17) is 0 Å². The van der Waals surface area contributed by atoms with E-state index in [-0.39, 0.29) is 11.9 Å². The zero-order chi connectivity index (χ0) is 11.4. The van der Waals surface area contributed by atoms with Crippen molar-refractivity contribution in [1.82, 2.24) is 10.2 Å². The summed E-state index contributed by atoms with van der Waals surface area (Å²) in [6.07, 6.45) is 5.01. The van der Waals surface area contributed by atoms with Gasteiger partial charge in [0.15, 0.2) is 0 Å². The molecule has 0 radical (unpaired) electrons. The van der Waals surface area contributed by atoms with Crippen molar-refractivity contribution in [3.8, 4) is 0 Å². The fourth-order valence-corrected chi connectivity index (χ4v) is 2.24. The summed E-state index contributed by atoms with van der Waals surface area (Å²) in [5, 5.41) is 3.43. The molecule has 1 aliphatic carbocycles. The van der Waals surface area contributed by atoms with E-state index < -0.39 is 0 Å². The van der Waals surface area contributed by atoms with Crippen LogP contribution in [0.2, 0.25) is 0 Å². The molecule has 0 aromatic heterocycles. The molecular formula is C12H24N2O. The van der Waals surface area contributed by atoms with E-state index in [9.17, 15) is 4.79 Å². The van der Waals surface area contributed by atoms with Gasteiger partial charge in [-0.3, -0.25) is 4.79 Å². The van der Waals surface area contributed by atoms with Crippen LogP contribution in [0.25, 0.3) is 0 Å². The molecule has 0 saturated heterocycles. The topological polar surface area (TPSA) is 32.3 Å². The Morgan fingerprint density at radius 2 is 1.80 bits per heavy atom. The molecule has 1 fully saturated rings. The van der Waals surface area contributed by atoms with Crippen LogP contribution in [0.1, 0.15) is 39.5 Å². The molecule has 1 aliphatic rings. The lowest BCUT2D eigenvalue weighted by molar-refractivity contribution is -0.130. The first kappa shape index (κ1) is 12.5. The molecule has 1 saturated carbocycles. The summed E-state index contributed by atoms with van der Waals surface area (Å²) in [5.74, 6) is 1.04. The van der Waals surface area contributed by atoms with E-state index in [1.54, 1.807) is 4.90 Å². The van der Waals surface area contributed by atoms with E-state index in [2.05, 4.69) is 12.2 Å². The van der Waals surface area contributed by atoms with E-state index in [1.165, 1.54) is 25.7 Å². The molecule has 3 heteroatoms. The van der Waals surface area contributed by atoms with Crippen molar-refractivity contribution in [3.63, 3.8) is 0 Å². The second-order valence-corrected chi connectivity index (χ2v) is 5.08. The van der Waals surface area contributed by atoms with Crippen LogP contribution in [0.15, 0.2) is 0 Å². The first-order chi connectivity index (χ1) is 7.00. The van der Waals surface area contributed by atoms with E-state index in [0.717, 1.165) is 5.92 Å². The fourth-order valence-electron chi connectivity index (χ4n) is 2.24. The predicted molar refractivity (Wildman–Crippen MR) is 62.7 cm³/mol. The fraction of sp³-hybridized carbons (Fsp3) is 0.917. The first-order valence-corrected chi connectivity index (χ1v) is 5.98. The van der Waals surface area contributed by atoms with Crippen molar-refractivity contribution in [1.29, 1.82) is 0 Å². The van der Waals surface area contributed by atoms with Crippen molar-refractivity contribution in [2.75, 3.05) is 14.1 Å². The molecule has 0 aromatic rings. The van der Waals surface area contributed by atoms with E-state index in [1.807, 2.05) is 21.0 Å². The largest absolute Gasteiger partial charge is 0.347 e. The molecular weight excluding hydrogens is 188 g/mol. The Morgan fingerprint density at radius 1 is 1.27 bits per heavy atom. The minimum Gasteiger partial charge on any atom is -0.347 e. The van der Waals surface area contributed by atoms with E-state index in [0.29, 0.717) is 6.04 Å². The highest BCUT2D eigenvalue weighted by molar-refractivity contribution is 5.80. The summed E-state index contributed by atoms with van der Waals surface area (Å²) < 4.78 is 0. The van der Waals surface area contributed by atoms with Crippen LogP contribution in [0.5, 0.6) is 0 Å². The van der Waals surface area contributed by atoms with Crippen LogP contribution in [0.4, 0.5) is 0 Å². The zero-order valence-electron chi connectivity index (χ0n) is 10.4. The Bertz CT molecular complexity index is 208. The zero-order valence-corrected chi connectivity index (χ0v) is 10.4. The number of nitrogens with zero attached hydrogens (tertiary/aromatic N) is 1. The smallest absolute Gasteiger partial charge is 0.238 e. The maximum Gasteiger partial charge on any atom is 0.238 e. The average molecular weight is 212 g/mol. The predicted octanol–water partition coefficient (Wildman–Crippen LogP) is 1.63. The quantitative estimate of drug-likeness (QED) is 0.771. The van der Waals surface area contributed by atoms with E-state index >= 15 is 0 Å². The second kappa shape index (κ2) is 5.50. The highest BCUT2D eigenvalue weighted by Gasteiger charge is 2.22. The number of amides is 1. The molecule has 0 aliphatic heterocycles. The summed E-state index contributed by atoms with van der Waals surface area (Å²) in [4.78, 5) is 13.3. The number of rotatable bonds is 3. The molecule has 1 N–H and O–H groups in total. The second-order valence-electron chi connectivity index (χ2n) is 5.08. The van der Waals surface area contributed by atoms with Gasteiger partial charge < -0.3 is 10.2 Å². The van der Waals surface area contributed by atoms with Gasteiger partial charge in [0, 0.05) is 20.1 Å². The van der Waals surface area contributed by atoms with Crippen LogP contribution in [-0.4, -0.2) is 37.0 Å². The Morgan fingerprint density at radius 3 is 2.27 bits per heavy atom. The Kier molecular flexibility index (Phi) is 4.58. The monoisotopic (exact) mass is 212 g/mol. The van der Waals surface area contributed by atoms with Gasteiger partial charge in [0.1, 0.15) is 0 Å². The molecule has 1 atom stereocenters. The van der Waals surface area contributed by atoms with Crippen molar-refractivity contribution in [3.05, 3.63) is 0 Å². The SMILES string of the molecule is CC1CCC(NC(C)C(=O)N(C)C)CC1. The molecule has 1 unspecified atom stereocenters. The normalized spacial score (nSPS) is 28.5. The van der Waals surface area contributed by atoms with Gasteiger partial charge in [-0.15, -0.1) is 0 Å². The standard InChI is InChI=1S/C12H24N2O/c1-9-5-7-11(8-6-9)13-10(2)12(15)14(3)4/h9-11,13H,5-8H2,1-4H3. The van der Waals surface area contributed by atoms with Gasteiger partial charge in [-0.05, 0) is 38.5 Å². The summed E-state index contributed by atoms with van der Waals surface area (Å²) in [6, 6.07) is 0.499. The van der Waals surface area contributed by atoms with Gasteiger partial charge in [-0.2, -0.15) is 0 Å². The van der Waals surface area contributed by atoms with Crippen molar-refractivity contribution in [2.24, 2.45) is 5.92 Å². The first-order valence-electron chi connectivity index (χ1n) is 5.98. The lowest BCUT2D eigenvalue weighted by Crippen LogP contribution is -2.47. The number of nitrogens with one attached hydrogen (secondary N) is 1. The van der Waals surface area contributed by atoms with Crippen LogP contribution in [-0.2, 0) is 4.79 Å². The Balaban J connectivity index is 2.32. The molecule has 0 bridgehead atoms. The van der Waals surface area contributed by atoms with Crippen LogP contribution < -0.4 is 5.32 Å². The Labute approximate surface area is 93.2 Å². The number of carbonyl (C=O) groups excluding carboxylic acids is 1. The lowest BCUT2D eigenvalue weighted by Gasteiger charge is -2.30. The number of hydrogen-bond acceptors (Lipinski definition) is 2. The van der Waals surface area contributed by atoms with Crippen molar-refractivity contribution < 1.29 is 4.79 Å². The summed E-state index contributed by atoms with van der Waals surface area (Å²) in [7, 11) is 3.62. The van der Waals surface area contributed by atoms with Gasteiger partial charge in [0.25, 0.3) is 0 Å².